The fourth-order valence-corrected chi connectivity index (χ4v) is 10.9. The van der Waals surface area contributed by atoms with Crippen LogP contribution >= 0.6 is 34.8 Å². The first-order valence-corrected chi connectivity index (χ1v) is 14.0. The summed E-state index contributed by atoms with van der Waals surface area (Å²) in [5, 5.41) is 0. The minimum atomic E-state index is -1.08. The summed E-state index contributed by atoms with van der Waals surface area (Å²) in [6.45, 7) is 0. The van der Waals surface area contributed by atoms with Crippen molar-refractivity contribution in [3.8, 4) is 0 Å². The molecule has 0 nitrogen and oxygen atoms in total. The van der Waals surface area contributed by atoms with E-state index in [0.717, 1.165) is 17.6 Å². The molecule has 0 N–H and O–H groups in total. The van der Waals surface area contributed by atoms with Gasteiger partial charge in [-0.15, -0.1) is 0 Å². The molecular weight excluding hydrogens is 369 g/mol. The van der Waals surface area contributed by atoms with Crippen LogP contribution in [-0.2, 0) is 0 Å². The van der Waals surface area contributed by atoms with Crippen molar-refractivity contribution in [1.82, 2.24) is 0 Å². The molecule has 0 saturated carbocycles. The standard InChI is InChI=1S/3C4H8Cl.Sn/c3*1-2-3-4-5;/h3*1-4H2;/q;;;+1. The Kier molecular flexibility index (Phi) is 16.3. The van der Waals surface area contributed by atoms with Gasteiger partial charge >= 0.3 is 124 Å². The molecule has 0 amide bonds. The van der Waals surface area contributed by atoms with Gasteiger partial charge in [-0.25, -0.2) is 0 Å². The number of halogens is 3. The maximum atomic E-state index is 5.73. The molecule has 0 unspecified atom stereocenters. The topological polar surface area (TPSA) is 0 Å². The van der Waals surface area contributed by atoms with Gasteiger partial charge in [0.25, 0.3) is 0 Å². The van der Waals surface area contributed by atoms with Gasteiger partial charge in [-0.05, 0) is 0 Å². The first kappa shape index (κ1) is 17.7. The average Bonchev–Trinajstić information content (AvgIpc) is 2.29. The van der Waals surface area contributed by atoms with Crippen LogP contribution in [0.25, 0.3) is 0 Å². The monoisotopic (exact) mass is 393 g/mol. The van der Waals surface area contributed by atoms with Gasteiger partial charge in [0.15, 0.2) is 0 Å². The molecular formula is C12H24Cl3Sn+. The van der Waals surface area contributed by atoms with Crippen molar-refractivity contribution < 1.29 is 0 Å². The number of hydrogen-bond donors (Lipinski definition) is 0. The molecule has 0 aromatic heterocycles. The maximum absolute atomic E-state index is 5.73. The van der Waals surface area contributed by atoms with E-state index in [2.05, 4.69) is 0 Å². The molecule has 0 rings (SSSR count). The van der Waals surface area contributed by atoms with E-state index in [0.29, 0.717) is 0 Å². The van der Waals surface area contributed by atoms with Gasteiger partial charge in [-0.2, -0.15) is 0 Å². The average molecular weight is 393 g/mol. The van der Waals surface area contributed by atoms with E-state index in [-0.39, 0.29) is 0 Å². The van der Waals surface area contributed by atoms with E-state index in [1.54, 1.807) is 0 Å². The van der Waals surface area contributed by atoms with E-state index >= 15 is 0 Å². The van der Waals surface area contributed by atoms with Crippen LogP contribution in [0, 0.1) is 0 Å². The Labute approximate surface area is 123 Å². The van der Waals surface area contributed by atoms with Gasteiger partial charge < -0.3 is 0 Å². The summed E-state index contributed by atoms with van der Waals surface area (Å²) >= 11 is 16.1. The van der Waals surface area contributed by atoms with Crippen molar-refractivity contribution >= 4 is 54.6 Å². The summed E-state index contributed by atoms with van der Waals surface area (Å²) in [6.07, 6.45) is 7.70. The fourth-order valence-electron chi connectivity index (χ4n) is 1.78. The first-order valence-electron chi connectivity index (χ1n) is 6.36. The van der Waals surface area contributed by atoms with Gasteiger partial charge in [0.1, 0.15) is 0 Å². The summed E-state index contributed by atoms with van der Waals surface area (Å²) in [6, 6.07) is 0. The van der Waals surface area contributed by atoms with E-state index < -0.39 is 19.8 Å². The predicted molar refractivity (Wildman–Crippen MR) is 80.0 cm³/mol. The normalized spacial score (nSPS) is 10.7. The molecule has 4 heteroatoms. The molecule has 0 heterocycles. The zero-order valence-corrected chi connectivity index (χ0v) is 15.2. The Morgan fingerprint density at radius 1 is 0.500 bits per heavy atom. The predicted octanol–water partition coefficient (Wildman–Crippen LogP) is 5.54. The van der Waals surface area contributed by atoms with Gasteiger partial charge in [-0.3, -0.25) is 0 Å². The summed E-state index contributed by atoms with van der Waals surface area (Å²) in [5.74, 6) is 2.50. The second kappa shape index (κ2) is 14.7. The molecule has 96 valence electrons. The molecule has 0 aliphatic heterocycles. The minimum absolute atomic E-state index is 0.833. The molecule has 0 aromatic rings. The second-order valence-corrected chi connectivity index (χ2v) is 13.9. The Hall–Kier alpha value is 1.67. The molecule has 16 heavy (non-hydrogen) atoms. The van der Waals surface area contributed by atoms with Crippen LogP contribution < -0.4 is 0 Å². The molecule has 0 aliphatic carbocycles. The Bertz CT molecular complexity index is 110. The number of hydrogen-bond acceptors (Lipinski definition) is 0. The Balaban J connectivity index is 3.58. The van der Waals surface area contributed by atoms with Gasteiger partial charge in [0.05, 0.1) is 0 Å². The molecule has 0 saturated heterocycles. The number of unbranched alkanes of at least 4 members (excludes halogenated alkanes) is 3. The van der Waals surface area contributed by atoms with Crippen molar-refractivity contribution in [1.29, 1.82) is 0 Å². The van der Waals surface area contributed by atoms with E-state index in [1.165, 1.54) is 51.8 Å². The van der Waals surface area contributed by atoms with Crippen LogP contribution in [0.4, 0.5) is 0 Å². The zero-order valence-electron chi connectivity index (χ0n) is 10.1. The van der Waals surface area contributed by atoms with Crippen LogP contribution in [-0.4, -0.2) is 37.4 Å². The van der Waals surface area contributed by atoms with Crippen LogP contribution in [0.3, 0.4) is 0 Å². The summed E-state index contributed by atoms with van der Waals surface area (Å²) in [7, 11) is 0. The van der Waals surface area contributed by atoms with E-state index in [4.69, 9.17) is 34.8 Å². The van der Waals surface area contributed by atoms with Crippen LogP contribution in [0.5, 0.6) is 0 Å². The molecule has 0 aromatic carbocycles. The van der Waals surface area contributed by atoms with Crippen LogP contribution in [0.15, 0.2) is 0 Å². The molecule has 0 atom stereocenters. The fraction of sp³-hybridized carbons (Fsp3) is 1.00. The molecule has 0 aliphatic rings. The summed E-state index contributed by atoms with van der Waals surface area (Å²) in [4.78, 5) is 0. The van der Waals surface area contributed by atoms with Crippen LogP contribution in [0.1, 0.15) is 38.5 Å². The van der Waals surface area contributed by atoms with Crippen LogP contribution in [0.2, 0.25) is 13.3 Å². The summed E-state index contributed by atoms with van der Waals surface area (Å²) in [5.41, 5.74) is 0. The molecule has 0 radical (unpaired) electrons. The third-order valence-electron chi connectivity index (χ3n) is 2.74. The van der Waals surface area contributed by atoms with Crippen molar-refractivity contribution in [2.75, 3.05) is 17.6 Å². The molecule has 0 bridgehead atoms. The van der Waals surface area contributed by atoms with E-state index in [9.17, 15) is 0 Å². The summed E-state index contributed by atoms with van der Waals surface area (Å²) < 4.78 is 4.58. The second-order valence-electron chi connectivity index (χ2n) is 4.19. The SMILES string of the molecule is ClCCC[CH2][Sn+]([CH2]CCCCl)[CH2]CCCCl. The molecule has 0 fully saturated rings. The van der Waals surface area contributed by atoms with E-state index in [1.807, 2.05) is 0 Å². The van der Waals surface area contributed by atoms with Gasteiger partial charge in [0.2, 0.25) is 0 Å². The third-order valence-corrected chi connectivity index (χ3v) is 12.6. The Morgan fingerprint density at radius 2 is 0.812 bits per heavy atom. The molecule has 0 spiro atoms. The number of alkyl halides is 3. The third kappa shape index (κ3) is 12.1. The van der Waals surface area contributed by atoms with Gasteiger partial charge in [0, 0.05) is 0 Å². The van der Waals surface area contributed by atoms with Crippen molar-refractivity contribution in [3.63, 3.8) is 0 Å². The quantitative estimate of drug-likeness (QED) is 0.232. The van der Waals surface area contributed by atoms with Crippen molar-refractivity contribution in [3.05, 3.63) is 0 Å². The van der Waals surface area contributed by atoms with Crippen molar-refractivity contribution in [2.24, 2.45) is 0 Å². The van der Waals surface area contributed by atoms with Gasteiger partial charge in [-0.1, -0.05) is 0 Å². The first-order chi connectivity index (χ1) is 7.85. The van der Waals surface area contributed by atoms with Crippen molar-refractivity contribution in [2.45, 2.75) is 51.8 Å². The zero-order chi connectivity index (χ0) is 12.1. The Morgan fingerprint density at radius 3 is 1.06 bits per heavy atom. The number of rotatable bonds is 12.